The van der Waals surface area contributed by atoms with E-state index in [1.165, 1.54) is 0 Å². The lowest BCUT2D eigenvalue weighted by Gasteiger charge is -2.13. The maximum absolute atomic E-state index is 12.2. The third-order valence-corrected chi connectivity index (χ3v) is 3.33. The van der Waals surface area contributed by atoms with Crippen molar-refractivity contribution in [1.82, 2.24) is 20.1 Å². The Hall–Kier alpha value is -2.17. The van der Waals surface area contributed by atoms with Crippen molar-refractivity contribution in [1.29, 1.82) is 0 Å². The molecule has 2 aromatic rings. The predicted octanol–water partition coefficient (Wildman–Crippen LogP) is 2.18. The van der Waals surface area contributed by atoms with Gasteiger partial charge in [0.25, 0.3) is 5.91 Å². The summed E-state index contributed by atoms with van der Waals surface area (Å²) in [7, 11) is 1.87. The smallest absolute Gasteiger partial charge is 0.270 e. The van der Waals surface area contributed by atoms with Crippen molar-refractivity contribution >= 4 is 5.91 Å². The van der Waals surface area contributed by atoms with Crippen molar-refractivity contribution in [3.05, 3.63) is 47.0 Å². The van der Waals surface area contributed by atoms with Gasteiger partial charge in [0.2, 0.25) is 0 Å². The fraction of sp³-hybridized carbons (Fsp3) is 0.400. The zero-order valence-corrected chi connectivity index (χ0v) is 12.3. The summed E-state index contributed by atoms with van der Waals surface area (Å²) in [6, 6.07) is 3.66. The minimum absolute atomic E-state index is 0.0942. The lowest BCUT2D eigenvalue weighted by molar-refractivity contribution is 0.0934. The molecule has 0 aliphatic rings. The zero-order valence-electron chi connectivity index (χ0n) is 12.3. The van der Waals surface area contributed by atoms with Crippen LogP contribution in [0.4, 0.5) is 0 Å². The molecule has 2 heterocycles. The summed E-state index contributed by atoms with van der Waals surface area (Å²) in [6.07, 6.45) is 4.49. The molecule has 0 saturated heterocycles. The number of pyridine rings is 1. The van der Waals surface area contributed by atoms with E-state index >= 15 is 0 Å². The van der Waals surface area contributed by atoms with E-state index in [0.717, 1.165) is 23.2 Å². The van der Waals surface area contributed by atoms with E-state index in [1.807, 2.05) is 39.2 Å². The molecule has 0 aliphatic heterocycles. The standard InChI is InChI=1S/C15H20N4O/c1-5-12-6-7-16-14(8-12)15(20)17-10(2)13-9-19(4)18-11(13)3/h6-10H,5H2,1-4H3,(H,17,20). The average Bonchev–Trinajstić information content (AvgIpc) is 2.77. The van der Waals surface area contributed by atoms with Gasteiger partial charge >= 0.3 is 0 Å². The molecule has 5 heteroatoms. The number of amides is 1. The van der Waals surface area contributed by atoms with Gasteiger partial charge in [-0.25, -0.2) is 0 Å². The van der Waals surface area contributed by atoms with Crippen LogP contribution in [0.5, 0.6) is 0 Å². The second-order valence-electron chi connectivity index (χ2n) is 4.94. The molecule has 0 aliphatic carbocycles. The highest BCUT2D eigenvalue weighted by atomic mass is 16.1. The van der Waals surface area contributed by atoms with Gasteiger partial charge in [0.05, 0.1) is 11.7 Å². The highest BCUT2D eigenvalue weighted by molar-refractivity contribution is 5.92. The predicted molar refractivity (Wildman–Crippen MR) is 77.4 cm³/mol. The Morgan fingerprint density at radius 2 is 2.25 bits per heavy atom. The van der Waals surface area contributed by atoms with Crippen LogP contribution in [0.2, 0.25) is 0 Å². The van der Waals surface area contributed by atoms with Gasteiger partial charge in [0.15, 0.2) is 0 Å². The van der Waals surface area contributed by atoms with Crippen LogP contribution in [-0.4, -0.2) is 20.7 Å². The third-order valence-electron chi connectivity index (χ3n) is 3.33. The maximum Gasteiger partial charge on any atom is 0.270 e. The fourth-order valence-corrected chi connectivity index (χ4v) is 2.21. The first-order chi connectivity index (χ1) is 9.51. The number of hydrogen-bond acceptors (Lipinski definition) is 3. The average molecular weight is 272 g/mol. The lowest BCUT2D eigenvalue weighted by Crippen LogP contribution is -2.27. The number of rotatable bonds is 4. The quantitative estimate of drug-likeness (QED) is 0.928. The van der Waals surface area contributed by atoms with Crippen molar-refractivity contribution in [2.24, 2.45) is 7.05 Å². The normalized spacial score (nSPS) is 12.2. The van der Waals surface area contributed by atoms with Crippen LogP contribution < -0.4 is 5.32 Å². The molecule has 0 radical (unpaired) electrons. The van der Waals surface area contributed by atoms with E-state index < -0.39 is 0 Å². The van der Waals surface area contributed by atoms with E-state index in [9.17, 15) is 4.79 Å². The van der Waals surface area contributed by atoms with Gasteiger partial charge < -0.3 is 5.32 Å². The molecule has 2 aromatic heterocycles. The summed E-state index contributed by atoms with van der Waals surface area (Å²) < 4.78 is 1.75. The minimum Gasteiger partial charge on any atom is -0.344 e. The van der Waals surface area contributed by atoms with Gasteiger partial charge in [-0.3, -0.25) is 14.5 Å². The Morgan fingerprint density at radius 1 is 1.50 bits per heavy atom. The second-order valence-corrected chi connectivity index (χ2v) is 4.94. The Labute approximate surface area is 119 Å². The molecule has 0 fully saturated rings. The first-order valence-electron chi connectivity index (χ1n) is 6.77. The lowest BCUT2D eigenvalue weighted by atomic mass is 10.1. The highest BCUT2D eigenvalue weighted by Crippen LogP contribution is 2.16. The summed E-state index contributed by atoms with van der Waals surface area (Å²) >= 11 is 0. The number of nitrogens with zero attached hydrogens (tertiary/aromatic N) is 3. The van der Waals surface area contributed by atoms with E-state index in [0.29, 0.717) is 5.69 Å². The van der Waals surface area contributed by atoms with E-state index in [2.05, 4.69) is 22.3 Å². The van der Waals surface area contributed by atoms with Crippen molar-refractivity contribution in [3.63, 3.8) is 0 Å². The van der Waals surface area contributed by atoms with Gasteiger partial charge in [-0.1, -0.05) is 6.92 Å². The summed E-state index contributed by atoms with van der Waals surface area (Å²) in [5.74, 6) is -0.156. The molecule has 1 unspecified atom stereocenters. The van der Waals surface area contributed by atoms with E-state index in [4.69, 9.17) is 0 Å². The minimum atomic E-state index is -0.156. The molecule has 0 bridgehead atoms. The van der Waals surface area contributed by atoms with E-state index in [1.54, 1.807) is 10.9 Å². The van der Waals surface area contributed by atoms with Gasteiger partial charge in [0.1, 0.15) is 5.69 Å². The van der Waals surface area contributed by atoms with Crippen LogP contribution in [0.25, 0.3) is 0 Å². The Kier molecular flexibility index (Phi) is 4.17. The molecule has 2 rings (SSSR count). The molecule has 5 nitrogen and oxygen atoms in total. The number of aromatic nitrogens is 3. The topological polar surface area (TPSA) is 59.8 Å². The molecule has 0 saturated carbocycles. The zero-order chi connectivity index (χ0) is 14.7. The summed E-state index contributed by atoms with van der Waals surface area (Å²) in [6.45, 7) is 5.94. The van der Waals surface area contributed by atoms with Crippen LogP contribution in [0, 0.1) is 6.92 Å². The van der Waals surface area contributed by atoms with Crippen molar-refractivity contribution in [3.8, 4) is 0 Å². The Bertz CT molecular complexity index is 618. The van der Waals surface area contributed by atoms with Crippen LogP contribution in [0.3, 0.4) is 0 Å². The molecule has 1 atom stereocenters. The Morgan fingerprint density at radius 3 is 2.85 bits per heavy atom. The number of carbonyl (C=O) groups is 1. The number of hydrogen-bond donors (Lipinski definition) is 1. The number of carbonyl (C=O) groups excluding carboxylic acids is 1. The molecular weight excluding hydrogens is 252 g/mol. The first-order valence-corrected chi connectivity index (χ1v) is 6.77. The molecule has 0 spiro atoms. The third kappa shape index (κ3) is 3.04. The summed E-state index contributed by atoms with van der Waals surface area (Å²) in [5.41, 5.74) is 3.51. The van der Waals surface area contributed by atoms with Crippen molar-refractivity contribution in [2.75, 3.05) is 0 Å². The number of aryl methyl sites for hydroxylation is 3. The molecule has 20 heavy (non-hydrogen) atoms. The Balaban J connectivity index is 2.12. The van der Waals surface area contributed by atoms with Crippen molar-refractivity contribution < 1.29 is 4.79 Å². The fourth-order valence-electron chi connectivity index (χ4n) is 2.21. The SMILES string of the molecule is CCc1ccnc(C(=O)NC(C)c2cn(C)nc2C)c1. The molecule has 1 N–H and O–H groups in total. The molecule has 106 valence electrons. The largest absolute Gasteiger partial charge is 0.344 e. The van der Waals surface area contributed by atoms with Crippen LogP contribution >= 0.6 is 0 Å². The number of nitrogens with one attached hydrogen (secondary N) is 1. The first kappa shape index (κ1) is 14.2. The molecular formula is C15H20N4O. The molecule has 0 aromatic carbocycles. The van der Waals surface area contributed by atoms with E-state index in [-0.39, 0.29) is 11.9 Å². The van der Waals surface area contributed by atoms with Crippen LogP contribution in [-0.2, 0) is 13.5 Å². The van der Waals surface area contributed by atoms with Gasteiger partial charge in [-0.15, -0.1) is 0 Å². The van der Waals surface area contributed by atoms with Crippen LogP contribution in [0.1, 0.15) is 47.2 Å². The van der Waals surface area contributed by atoms with Gasteiger partial charge in [-0.05, 0) is 38.0 Å². The summed E-state index contributed by atoms with van der Waals surface area (Å²) in [5, 5.41) is 7.25. The molecule has 1 amide bonds. The van der Waals surface area contributed by atoms with Crippen molar-refractivity contribution in [2.45, 2.75) is 33.2 Å². The van der Waals surface area contributed by atoms with Crippen LogP contribution in [0.15, 0.2) is 24.5 Å². The highest BCUT2D eigenvalue weighted by Gasteiger charge is 2.16. The second kappa shape index (κ2) is 5.86. The maximum atomic E-state index is 12.2. The van der Waals surface area contributed by atoms with Gasteiger partial charge in [0, 0.05) is 25.0 Å². The summed E-state index contributed by atoms with van der Waals surface area (Å²) in [4.78, 5) is 16.3. The monoisotopic (exact) mass is 272 g/mol. The van der Waals surface area contributed by atoms with Gasteiger partial charge in [-0.2, -0.15) is 5.10 Å².